The molecule has 0 unspecified atom stereocenters. The molecule has 0 bridgehead atoms. The van der Waals surface area contributed by atoms with Crippen molar-refractivity contribution in [2.45, 2.75) is 13.3 Å². The van der Waals surface area contributed by atoms with Gasteiger partial charge in [0.15, 0.2) is 11.6 Å². The van der Waals surface area contributed by atoms with E-state index in [1.165, 1.54) is 11.9 Å². The molecule has 3 aromatic rings. The van der Waals surface area contributed by atoms with Crippen LogP contribution < -0.4 is 16.0 Å². The molecule has 0 aliphatic carbocycles. The molecule has 6 heteroatoms. The molecule has 1 aliphatic rings. The van der Waals surface area contributed by atoms with E-state index in [-0.39, 0.29) is 0 Å². The van der Waals surface area contributed by atoms with Gasteiger partial charge in [0.1, 0.15) is 17.8 Å². The maximum absolute atomic E-state index is 6.35. The molecule has 1 aromatic carbocycles. The van der Waals surface area contributed by atoms with Crippen LogP contribution in [0.1, 0.15) is 11.3 Å². The molecule has 0 radical (unpaired) electrons. The highest BCUT2D eigenvalue weighted by molar-refractivity contribution is 5.82. The van der Waals surface area contributed by atoms with E-state index >= 15 is 0 Å². The number of anilines is 5. The number of hydrogen-bond donors (Lipinski definition) is 2. The Bertz CT molecular complexity index is 892. The van der Waals surface area contributed by atoms with Gasteiger partial charge in [-0.25, -0.2) is 15.0 Å². The van der Waals surface area contributed by atoms with Crippen LogP contribution in [0, 0.1) is 6.92 Å². The second-order valence-corrected chi connectivity index (χ2v) is 5.78. The topological polar surface area (TPSA) is 80.0 Å². The lowest BCUT2D eigenvalue weighted by atomic mass is 10.2. The predicted octanol–water partition coefficient (Wildman–Crippen LogP) is 3.20. The van der Waals surface area contributed by atoms with Gasteiger partial charge in [-0.15, -0.1) is 0 Å². The molecular weight excluding hydrogens is 300 g/mol. The smallest absolute Gasteiger partial charge is 0.161 e. The van der Waals surface area contributed by atoms with Crippen molar-refractivity contribution in [3.8, 4) is 0 Å². The first-order valence-electron chi connectivity index (χ1n) is 7.89. The normalized spacial score (nSPS) is 13.0. The second-order valence-electron chi connectivity index (χ2n) is 5.78. The Hall–Kier alpha value is -3.15. The molecule has 24 heavy (non-hydrogen) atoms. The molecule has 3 heterocycles. The molecule has 2 aromatic heterocycles. The largest absolute Gasteiger partial charge is 0.393 e. The van der Waals surface area contributed by atoms with Crippen LogP contribution in [0.2, 0.25) is 0 Å². The van der Waals surface area contributed by atoms with E-state index in [0.717, 1.165) is 30.2 Å². The van der Waals surface area contributed by atoms with Gasteiger partial charge in [0.2, 0.25) is 0 Å². The maximum Gasteiger partial charge on any atom is 0.161 e. The van der Waals surface area contributed by atoms with Crippen molar-refractivity contribution >= 4 is 28.8 Å². The van der Waals surface area contributed by atoms with Crippen molar-refractivity contribution in [1.29, 1.82) is 0 Å². The fraction of sp³-hybridized carbons (Fsp3) is 0.167. The molecule has 120 valence electrons. The molecule has 6 nitrogen and oxygen atoms in total. The van der Waals surface area contributed by atoms with Crippen LogP contribution in [0.3, 0.4) is 0 Å². The third kappa shape index (κ3) is 2.52. The Balaban J connectivity index is 1.69. The molecule has 3 N–H and O–H groups in total. The summed E-state index contributed by atoms with van der Waals surface area (Å²) in [7, 11) is 0. The average molecular weight is 318 g/mol. The summed E-state index contributed by atoms with van der Waals surface area (Å²) < 4.78 is 0. The Morgan fingerprint density at radius 3 is 2.83 bits per heavy atom. The first-order chi connectivity index (χ1) is 11.7. The lowest BCUT2D eigenvalue weighted by Crippen LogP contribution is -2.17. The van der Waals surface area contributed by atoms with Crippen molar-refractivity contribution < 1.29 is 0 Å². The van der Waals surface area contributed by atoms with Gasteiger partial charge >= 0.3 is 0 Å². The van der Waals surface area contributed by atoms with Gasteiger partial charge in [-0.1, -0.05) is 24.3 Å². The molecule has 4 rings (SSSR count). The van der Waals surface area contributed by atoms with Crippen molar-refractivity contribution in [2.75, 3.05) is 22.5 Å². The first kappa shape index (κ1) is 14.4. The summed E-state index contributed by atoms with van der Waals surface area (Å²) in [5.41, 5.74) is 10.3. The van der Waals surface area contributed by atoms with E-state index in [1.807, 2.05) is 31.2 Å². The van der Waals surface area contributed by atoms with Gasteiger partial charge in [-0.3, -0.25) is 0 Å². The highest BCUT2D eigenvalue weighted by atomic mass is 15.2. The Morgan fingerprint density at radius 1 is 1.08 bits per heavy atom. The fourth-order valence-electron chi connectivity index (χ4n) is 2.99. The molecule has 0 spiro atoms. The lowest BCUT2D eigenvalue weighted by molar-refractivity contribution is 0.967. The number of aromatic nitrogens is 3. The first-order valence-corrected chi connectivity index (χ1v) is 7.89. The zero-order valence-electron chi connectivity index (χ0n) is 13.4. The molecule has 0 fully saturated rings. The minimum atomic E-state index is 0.525. The Morgan fingerprint density at radius 2 is 1.96 bits per heavy atom. The number of nitrogens with zero attached hydrogens (tertiary/aromatic N) is 4. The molecule has 0 atom stereocenters. The van der Waals surface area contributed by atoms with Crippen LogP contribution in [0.4, 0.5) is 28.8 Å². The Labute approximate surface area is 140 Å². The third-order valence-electron chi connectivity index (χ3n) is 4.14. The summed E-state index contributed by atoms with van der Waals surface area (Å²) in [6.45, 7) is 2.81. The number of nitrogens with two attached hydrogens (primary N) is 1. The molecular formula is C18H18N6. The van der Waals surface area contributed by atoms with Crippen LogP contribution in [-0.4, -0.2) is 21.5 Å². The quantitative estimate of drug-likeness (QED) is 0.772. The second kappa shape index (κ2) is 5.81. The van der Waals surface area contributed by atoms with Gasteiger partial charge < -0.3 is 16.0 Å². The van der Waals surface area contributed by atoms with Gasteiger partial charge in [-0.2, -0.15) is 0 Å². The number of fused-ring (bicyclic) bond motifs is 1. The van der Waals surface area contributed by atoms with Crippen molar-refractivity contribution in [3.63, 3.8) is 0 Å². The van der Waals surface area contributed by atoms with E-state index in [4.69, 9.17) is 5.73 Å². The zero-order valence-corrected chi connectivity index (χ0v) is 13.4. The van der Waals surface area contributed by atoms with E-state index < -0.39 is 0 Å². The standard InChI is InChI=1S/C18H18N6/c1-12-5-4-8-15(22-12)23-17-16(19)18(21-11-20-17)24-10-9-13-6-2-3-7-14(13)24/h2-8,11H,9-10,19H2,1H3,(H,20,21,22,23). The van der Waals surface area contributed by atoms with E-state index in [1.54, 1.807) is 0 Å². The molecule has 0 saturated carbocycles. The Kier molecular flexibility index (Phi) is 3.49. The average Bonchev–Trinajstić information content (AvgIpc) is 3.01. The summed E-state index contributed by atoms with van der Waals surface area (Å²) in [5.74, 6) is 2.01. The van der Waals surface area contributed by atoms with Crippen LogP contribution in [0.5, 0.6) is 0 Å². The van der Waals surface area contributed by atoms with Gasteiger partial charge in [0, 0.05) is 17.9 Å². The molecule has 0 amide bonds. The summed E-state index contributed by atoms with van der Waals surface area (Å²) >= 11 is 0. The van der Waals surface area contributed by atoms with Crippen LogP contribution in [-0.2, 0) is 6.42 Å². The van der Waals surface area contributed by atoms with Gasteiger partial charge in [-0.05, 0) is 37.1 Å². The van der Waals surface area contributed by atoms with Crippen LogP contribution >= 0.6 is 0 Å². The molecule has 1 aliphatic heterocycles. The van der Waals surface area contributed by atoms with Crippen LogP contribution in [0.15, 0.2) is 48.8 Å². The number of rotatable bonds is 3. The number of aryl methyl sites for hydroxylation is 1. The predicted molar refractivity (Wildman–Crippen MR) is 95.9 cm³/mol. The van der Waals surface area contributed by atoms with Crippen molar-refractivity contribution in [1.82, 2.24) is 15.0 Å². The highest BCUT2D eigenvalue weighted by Crippen LogP contribution is 2.37. The summed E-state index contributed by atoms with van der Waals surface area (Å²) in [4.78, 5) is 15.3. The monoisotopic (exact) mass is 318 g/mol. The van der Waals surface area contributed by atoms with Crippen molar-refractivity contribution in [3.05, 3.63) is 60.0 Å². The summed E-state index contributed by atoms with van der Waals surface area (Å²) in [6.07, 6.45) is 2.52. The number of benzene rings is 1. The summed E-state index contributed by atoms with van der Waals surface area (Å²) in [6, 6.07) is 14.1. The molecule has 0 saturated heterocycles. The minimum absolute atomic E-state index is 0.525. The lowest BCUT2D eigenvalue weighted by Gasteiger charge is -2.21. The zero-order chi connectivity index (χ0) is 16.5. The van der Waals surface area contributed by atoms with Gasteiger partial charge in [0.25, 0.3) is 0 Å². The van der Waals surface area contributed by atoms with Crippen molar-refractivity contribution in [2.24, 2.45) is 0 Å². The highest BCUT2D eigenvalue weighted by Gasteiger charge is 2.23. The third-order valence-corrected chi connectivity index (χ3v) is 4.14. The van der Waals surface area contributed by atoms with Gasteiger partial charge in [0.05, 0.1) is 0 Å². The number of para-hydroxylation sites is 1. The maximum atomic E-state index is 6.35. The summed E-state index contributed by atoms with van der Waals surface area (Å²) in [5, 5.41) is 3.19. The number of pyridine rings is 1. The number of nitrogens with one attached hydrogen (secondary N) is 1. The SMILES string of the molecule is Cc1cccc(Nc2ncnc(N3CCc4ccccc43)c2N)n1. The van der Waals surface area contributed by atoms with Crippen LogP contribution in [0.25, 0.3) is 0 Å². The minimum Gasteiger partial charge on any atom is -0.393 e. The van der Waals surface area contributed by atoms with E-state index in [2.05, 4.69) is 43.4 Å². The number of hydrogen-bond acceptors (Lipinski definition) is 6. The number of nitrogen functional groups attached to an aromatic ring is 1. The van der Waals surface area contributed by atoms with E-state index in [9.17, 15) is 0 Å². The van der Waals surface area contributed by atoms with E-state index in [0.29, 0.717) is 17.3 Å². The fourth-order valence-corrected chi connectivity index (χ4v) is 2.99.